The zero-order valence-corrected chi connectivity index (χ0v) is 25.4. The number of β-amino-alcohol motifs (C(OH)–C–C–N with tert-alkyl or cyclic N) is 1. The molecule has 2 N–H and O–H groups in total. The SMILES string of the molecule is Cc1ncoc1COc1ccc2c(c1)CCN(C[C@@H](O)CCC(=O)c1cc(NC3CCC3)nc(N3CCN(C)CC3)c1)C2. The molecule has 2 fully saturated rings. The standard InChI is InChI=1S/C33H44N6O4/c1-23-31(43-22-34-23)21-42-29-8-6-25-19-38(11-10-24(25)16-29)20-28(40)7-9-30(41)26-17-32(35-27-4-3-5-27)36-33(18-26)39-14-12-37(2)13-15-39/h6,8,16-18,22,27-28,40H,3-5,7,9-15,19-21H2,1-2H3,(H,35,36)/t28-/m0/s1. The molecule has 1 atom stereocenters. The number of fused-ring (bicyclic) bond motifs is 1. The van der Waals surface area contributed by atoms with Crippen molar-refractivity contribution in [3.8, 4) is 5.75 Å². The third-order valence-electron chi connectivity index (χ3n) is 9.08. The Morgan fingerprint density at radius 2 is 1.98 bits per heavy atom. The summed E-state index contributed by atoms with van der Waals surface area (Å²) in [6.45, 7) is 8.21. The molecule has 0 radical (unpaired) electrons. The Kier molecular flexibility index (Phi) is 9.25. The van der Waals surface area contributed by atoms with Gasteiger partial charge >= 0.3 is 0 Å². The van der Waals surface area contributed by atoms with Crippen molar-refractivity contribution in [2.75, 3.05) is 56.5 Å². The first-order valence-corrected chi connectivity index (χ1v) is 15.7. The molecular formula is C33H44N6O4. The molecule has 2 aromatic heterocycles. The van der Waals surface area contributed by atoms with E-state index >= 15 is 0 Å². The summed E-state index contributed by atoms with van der Waals surface area (Å²) in [4.78, 5) is 29.2. The maximum absolute atomic E-state index is 13.4. The average Bonchev–Trinajstić information content (AvgIpc) is 3.41. The number of oxazole rings is 1. The van der Waals surface area contributed by atoms with E-state index in [-0.39, 0.29) is 5.78 Å². The quantitative estimate of drug-likeness (QED) is 0.301. The van der Waals surface area contributed by atoms with Crippen LogP contribution < -0.4 is 15.0 Å². The molecule has 10 nitrogen and oxygen atoms in total. The number of nitrogens with one attached hydrogen (secondary N) is 1. The molecule has 1 aliphatic carbocycles. The second-order valence-corrected chi connectivity index (χ2v) is 12.3. The number of rotatable bonds is 12. The van der Waals surface area contributed by atoms with Gasteiger partial charge in [-0.15, -0.1) is 0 Å². The highest BCUT2D eigenvalue weighted by Crippen LogP contribution is 2.27. The molecule has 0 unspecified atom stereocenters. The van der Waals surface area contributed by atoms with Gasteiger partial charge in [0.1, 0.15) is 24.0 Å². The fourth-order valence-electron chi connectivity index (χ4n) is 5.99. The topological polar surface area (TPSA) is 107 Å². The lowest BCUT2D eigenvalue weighted by molar-refractivity contribution is 0.0836. The van der Waals surface area contributed by atoms with Gasteiger partial charge in [-0.3, -0.25) is 9.69 Å². The Labute approximate surface area is 254 Å². The number of likely N-dealkylation sites (N-methyl/N-ethyl adjacent to an activating group) is 1. The molecular weight excluding hydrogens is 544 g/mol. The smallest absolute Gasteiger partial charge is 0.181 e. The maximum atomic E-state index is 13.4. The number of aliphatic hydroxyl groups is 1. The Morgan fingerprint density at radius 3 is 2.72 bits per heavy atom. The number of Topliss-reactive ketones (excluding diaryl/α,β-unsaturated/α-hetero) is 1. The van der Waals surface area contributed by atoms with E-state index < -0.39 is 6.10 Å². The summed E-state index contributed by atoms with van der Waals surface area (Å²) in [6.07, 6.45) is 6.05. The highest BCUT2D eigenvalue weighted by Gasteiger charge is 2.23. The minimum absolute atomic E-state index is 0.0607. The van der Waals surface area contributed by atoms with E-state index in [1.807, 2.05) is 25.1 Å². The number of benzene rings is 1. The van der Waals surface area contributed by atoms with Crippen LogP contribution in [0, 0.1) is 6.92 Å². The van der Waals surface area contributed by atoms with Crippen LogP contribution in [0.1, 0.15) is 65.0 Å². The highest BCUT2D eigenvalue weighted by atomic mass is 16.5. The number of piperazine rings is 1. The molecule has 10 heteroatoms. The summed E-state index contributed by atoms with van der Waals surface area (Å²) in [5, 5.41) is 14.4. The number of hydrogen-bond acceptors (Lipinski definition) is 10. The molecule has 1 aromatic carbocycles. The van der Waals surface area contributed by atoms with Crippen molar-refractivity contribution >= 4 is 17.4 Å². The lowest BCUT2D eigenvalue weighted by Gasteiger charge is -2.34. The number of ether oxygens (including phenoxy) is 1. The van der Waals surface area contributed by atoms with Crippen molar-refractivity contribution in [2.24, 2.45) is 0 Å². The van der Waals surface area contributed by atoms with Crippen LogP contribution in [0.3, 0.4) is 0 Å². The van der Waals surface area contributed by atoms with Gasteiger partial charge in [-0.2, -0.15) is 0 Å². The molecule has 3 aromatic rings. The van der Waals surface area contributed by atoms with Gasteiger partial charge in [0.2, 0.25) is 0 Å². The summed E-state index contributed by atoms with van der Waals surface area (Å²) < 4.78 is 11.3. The van der Waals surface area contributed by atoms with Gasteiger partial charge in [-0.05, 0) is 81.5 Å². The molecule has 1 saturated heterocycles. The number of aromatic nitrogens is 2. The van der Waals surface area contributed by atoms with Crippen molar-refractivity contribution in [3.05, 3.63) is 64.9 Å². The number of anilines is 2. The minimum Gasteiger partial charge on any atom is -0.486 e. The molecule has 0 spiro atoms. The van der Waals surface area contributed by atoms with Crippen molar-refractivity contribution in [3.63, 3.8) is 0 Å². The first-order chi connectivity index (χ1) is 20.9. The second kappa shape index (κ2) is 13.4. The van der Waals surface area contributed by atoms with Gasteiger partial charge in [0.25, 0.3) is 0 Å². The molecule has 2 aliphatic heterocycles. The van der Waals surface area contributed by atoms with Crippen LogP contribution in [0.4, 0.5) is 11.6 Å². The maximum Gasteiger partial charge on any atom is 0.181 e. The Balaban J connectivity index is 1.01. The van der Waals surface area contributed by atoms with Crippen LogP contribution in [0.2, 0.25) is 0 Å². The van der Waals surface area contributed by atoms with Crippen molar-refractivity contribution in [2.45, 2.75) is 70.7 Å². The number of ketones is 1. The summed E-state index contributed by atoms with van der Waals surface area (Å²) in [7, 11) is 2.14. The average molecular weight is 589 g/mol. The number of hydrogen-bond donors (Lipinski definition) is 2. The first-order valence-electron chi connectivity index (χ1n) is 15.7. The zero-order chi connectivity index (χ0) is 29.8. The summed E-state index contributed by atoms with van der Waals surface area (Å²) in [5.74, 6) is 3.28. The molecule has 6 rings (SSSR count). The summed E-state index contributed by atoms with van der Waals surface area (Å²) >= 11 is 0. The van der Waals surface area contributed by atoms with Gasteiger partial charge < -0.3 is 29.4 Å². The van der Waals surface area contributed by atoms with Gasteiger partial charge in [0, 0.05) is 63.8 Å². The zero-order valence-electron chi connectivity index (χ0n) is 25.4. The lowest BCUT2D eigenvalue weighted by atomic mass is 9.93. The Hall–Kier alpha value is -3.47. The van der Waals surface area contributed by atoms with Crippen LogP contribution in [-0.4, -0.2) is 89.1 Å². The van der Waals surface area contributed by atoms with E-state index in [0.29, 0.717) is 37.6 Å². The number of aliphatic hydroxyl groups excluding tert-OH is 1. The van der Waals surface area contributed by atoms with E-state index in [9.17, 15) is 9.90 Å². The van der Waals surface area contributed by atoms with E-state index in [1.165, 1.54) is 23.9 Å². The number of pyridine rings is 1. The normalized spacial score (nSPS) is 18.6. The number of carbonyl (C=O) groups excluding carboxylic acids is 1. The van der Waals surface area contributed by atoms with Gasteiger partial charge in [0.15, 0.2) is 17.9 Å². The van der Waals surface area contributed by atoms with Crippen LogP contribution >= 0.6 is 0 Å². The molecule has 1 saturated carbocycles. The van der Waals surface area contributed by atoms with Crippen molar-refractivity contribution < 1.29 is 19.1 Å². The summed E-state index contributed by atoms with van der Waals surface area (Å²) in [5.41, 5.74) is 4.04. The molecule has 0 bridgehead atoms. The fraction of sp³-hybridized carbons (Fsp3) is 0.545. The number of aryl methyl sites for hydroxylation is 1. The summed E-state index contributed by atoms with van der Waals surface area (Å²) in [6, 6.07) is 10.5. The Morgan fingerprint density at radius 1 is 1.14 bits per heavy atom. The van der Waals surface area contributed by atoms with E-state index in [1.54, 1.807) is 0 Å². The van der Waals surface area contributed by atoms with Crippen LogP contribution in [0.25, 0.3) is 0 Å². The third kappa shape index (κ3) is 7.55. The van der Waals surface area contributed by atoms with E-state index in [0.717, 1.165) is 87.4 Å². The minimum atomic E-state index is -0.565. The third-order valence-corrected chi connectivity index (χ3v) is 9.08. The van der Waals surface area contributed by atoms with Crippen LogP contribution in [-0.2, 0) is 19.6 Å². The molecule has 43 heavy (non-hydrogen) atoms. The second-order valence-electron chi connectivity index (χ2n) is 12.3. The molecule has 3 aliphatic rings. The monoisotopic (exact) mass is 588 g/mol. The van der Waals surface area contributed by atoms with Gasteiger partial charge in [0.05, 0.1) is 11.8 Å². The number of nitrogens with zero attached hydrogens (tertiary/aromatic N) is 5. The number of carbonyl (C=O) groups is 1. The predicted molar refractivity (Wildman–Crippen MR) is 166 cm³/mol. The van der Waals surface area contributed by atoms with Crippen molar-refractivity contribution in [1.82, 2.24) is 19.8 Å². The van der Waals surface area contributed by atoms with E-state index in [2.05, 4.69) is 44.2 Å². The first kappa shape index (κ1) is 29.6. The van der Waals surface area contributed by atoms with Gasteiger partial charge in [-0.25, -0.2) is 9.97 Å². The lowest BCUT2D eigenvalue weighted by Crippen LogP contribution is -2.45. The van der Waals surface area contributed by atoms with Gasteiger partial charge in [-0.1, -0.05) is 6.07 Å². The predicted octanol–water partition coefficient (Wildman–Crippen LogP) is 4.06. The molecule has 230 valence electrons. The van der Waals surface area contributed by atoms with E-state index in [4.69, 9.17) is 14.1 Å². The highest BCUT2D eigenvalue weighted by molar-refractivity contribution is 5.97. The molecule has 0 amide bonds. The van der Waals surface area contributed by atoms with Crippen LogP contribution in [0.15, 0.2) is 41.1 Å². The van der Waals surface area contributed by atoms with Crippen LogP contribution in [0.5, 0.6) is 5.75 Å². The Bertz CT molecular complexity index is 1400. The fourth-order valence-corrected chi connectivity index (χ4v) is 5.99. The van der Waals surface area contributed by atoms with Crippen molar-refractivity contribution in [1.29, 1.82) is 0 Å². The largest absolute Gasteiger partial charge is 0.486 e. The molecule has 4 heterocycles.